The molecule has 1 nitrogen and oxygen atoms in total. The number of hydrogen-bond acceptors (Lipinski definition) is 2. The van der Waals surface area contributed by atoms with Crippen LogP contribution < -0.4 is 0 Å². The van der Waals surface area contributed by atoms with Crippen molar-refractivity contribution in [2.45, 2.75) is 13.8 Å². The largest absolute Gasteiger partial charge is 0.303 e. The van der Waals surface area contributed by atoms with Gasteiger partial charge in [0.1, 0.15) is 0 Å². The number of terminal acetylenes is 1. The molecule has 2 heteroatoms. The molecule has 0 saturated carbocycles. The first-order chi connectivity index (χ1) is 5.85. The molecule has 12 heavy (non-hydrogen) atoms. The summed E-state index contributed by atoms with van der Waals surface area (Å²) in [7, 11) is 0. The van der Waals surface area contributed by atoms with Gasteiger partial charge in [0.25, 0.3) is 0 Å². The van der Waals surface area contributed by atoms with Gasteiger partial charge in [0.2, 0.25) is 0 Å². The summed E-state index contributed by atoms with van der Waals surface area (Å²) in [4.78, 5) is 2.40. The van der Waals surface area contributed by atoms with Crippen LogP contribution in [0.2, 0.25) is 0 Å². The molecule has 0 aliphatic rings. The Morgan fingerprint density at radius 2 is 2.08 bits per heavy atom. The van der Waals surface area contributed by atoms with E-state index in [1.807, 2.05) is 5.41 Å². The number of nitrogens with zero attached hydrogens (tertiary/aromatic N) is 1. The molecular weight excluding hydrogens is 166 g/mol. The van der Waals surface area contributed by atoms with Crippen LogP contribution in [-0.2, 0) is 0 Å². The van der Waals surface area contributed by atoms with Gasteiger partial charge in [0.05, 0.1) is 0 Å². The van der Waals surface area contributed by atoms with Crippen LogP contribution in [0.1, 0.15) is 13.8 Å². The maximum absolute atomic E-state index is 5.06. The van der Waals surface area contributed by atoms with Gasteiger partial charge in [-0.15, -0.1) is 18.2 Å². The molecule has 0 rings (SSSR count). The van der Waals surface area contributed by atoms with Crippen molar-refractivity contribution >= 4 is 11.8 Å². The maximum atomic E-state index is 5.06. The van der Waals surface area contributed by atoms with Crippen molar-refractivity contribution in [1.29, 1.82) is 0 Å². The Morgan fingerprint density at radius 1 is 1.42 bits per heavy atom. The summed E-state index contributed by atoms with van der Waals surface area (Å²) in [5.41, 5.74) is 0. The average molecular weight is 183 g/mol. The number of thioether (sulfide) groups is 1. The molecule has 0 aromatic carbocycles. The van der Waals surface area contributed by atoms with E-state index in [0.717, 1.165) is 25.4 Å². The molecule has 0 fully saturated rings. The summed E-state index contributed by atoms with van der Waals surface area (Å²) >= 11 is 1.77. The summed E-state index contributed by atoms with van der Waals surface area (Å²) in [5, 5.41) is 1.98. The first-order valence-electron chi connectivity index (χ1n) is 4.30. The van der Waals surface area contributed by atoms with E-state index in [0.29, 0.717) is 0 Å². The van der Waals surface area contributed by atoms with Crippen molar-refractivity contribution in [3.05, 3.63) is 11.5 Å². The zero-order valence-electron chi connectivity index (χ0n) is 7.92. The fraction of sp³-hybridized carbons (Fsp3) is 0.600. The van der Waals surface area contributed by atoms with Crippen LogP contribution in [0, 0.1) is 12.3 Å². The first kappa shape index (κ1) is 11.6. The highest BCUT2D eigenvalue weighted by Gasteiger charge is 1.95. The topological polar surface area (TPSA) is 3.24 Å². The van der Waals surface area contributed by atoms with E-state index in [2.05, 4.69) is 24.7 Å². The highest BCUT2D eigenvalue weighted by atomic mass is 32.2. The lowest BCUT2D eigenvalue weighted by atomic mass is 10.5. The summed E-state index contributed by atoms with van der Waals surface area (Å²) in [6.45, 7) is 7.79. The molecule has 0 aliphatic carbocycles. The molecule has 0 radical (unpaired) electrons. The highest BCUT2D eigenvalue weighted by molar-refractivity contribution is 8.02. The van der Waals surface area contributed by atoms with Gasteiger partial charge in [-0.1, -0.05) is 19.8 Å². The van der Waals surface area contributed by atoms with Crippen LogP contribution in [0.25, 0.3) is 0 Å². The molecule has 0 spiro atoms. The molecular formula is C10H17NS. The van der Waals surface area contributed by atoms with E-state index < -0.39 is 0 Å². The third-order valence-corrected chi connectivity index (χ3v) is 2.43. The van der Waals surface area contributed by atoms with E-state index in [4.69, 9.17) is 6.42 Å². The summed E-state index contributed by atoms with van der Waals surface area (Å²) in [6.07, 6.45) is 6.81. The predicted molar refractivity (Wildman–Crippen MR) is 58.2 cm³/mol. The van der Waals surface area contributed by atoms with Crippen LogP contribution in [0.3, 0.4) is 0 Å². The zero-order chi connectivity index (χ0) is 9.23. The van der Waals surface area contributed by atoms with Crippen molar-refractivity contribution in [3.63, 3.8) is 0 Å². The van der Waals surface area contributed by atoms with Crippen LogP contribution in [0.4, 0.5) is 0 Å². The molecule has 0 heterocycles. The Hall–Kier alpha value is -0.390. The Labute approximate surface area is 80.2 Å². The third kappa shape index (κ3) is 6.33. The summed E-state index contributed by atoms with van der Waals surface area (Å²) in [5.74, 6) is 3.59. The highest BCUT2D eigenvalue weighted by Crippen LogP contribution is 2.02. The van der Waals surface area contributed by atoms with Gasteiger partial charge >= 0.3 is 0 Å². The minimum atomic E-state index is 1.12. The Balaban J connectivity index is 3.30. The Bertz CT molecular complexity index is 154. The van der Waals surface area contributed by atoms with E-state index in [-0.39, 0.29) is 0 Å². The fourth-order valence-corrected chi connectivity index (χ4v) is 1.55. The summed E-state index contributed by atoms with van der Waals surface area (Å²) < 4.78 is 0. The monoisotopic (exact) mass is 183 g/mol. The van der Waals surface area contributed by atoms with Gasteiger partial charge in [-0.3, -0.25) is 0 Å². The minimum absolute atomic E-state index is 1.12. The minimum Gasteiger partial charge on any atom is -0.303 e. The lowest BCUT2D eigenvalue weighted by molar-refractivity contribution is 0.324. The van der Waals surface area contributed by atoms with Gasteiger partial charge in [-0.25, -0.2) is 0 Å². The standard InChI is InChI=1S/C10H17NS/c1-4-7-9-12-10-8-11(5-2)6-3/h1,7,9H,5-6,8,10H2,2-3H3/b9-7+. The van der Waals surface area contributed by atoms with Crippen molar-refractivity contribution in [1.82, 2.24) is 4.90 Å². The number of rotatable bonds is 6. The SMILES string of the molecule is C#C/C=C/SCCN(CC)CC. The lowest BCUT2D eigenvalue weighted by Crippen LogP contribution is -2.25. The number of hydrogen-bond donors (Lipinski definition) is 0. The third-order valence-electron chi connectivity index (χ3n) is 1.68. The Kier molecular flexibility index (Phi) is 8.42. The van der Waals surface area contributed by atoms with Gasteiger partial charge in [-0.2, -0.15) is 0 Å². The zero-order valence-corrected chi connectivity index (χ0v) is 8.73. The lowest BCUT2D eigenvalue weighted by Gasteiger charge is -2.16. The van der Waals surface area contributed by atoms with Crippen molar-refractivity contribution in [3.8, 4) is 12.3 Å². The molecule has 0 saturated heterocycles. The maximum Gasteiger partial charge on any atom is 0.0102 e. The smallest absolute Gasteiger partial charge is 0.0102 e. The van der Waals surface area contributed by atoms with E-state index in [1.54, 1.807) is 17.8 Å². The van der Waals surface area contributed by atoms with E-state index >= 15 is 0 Å². The molecule has 0 aromatic rings. The quantitative estimate of drug-likeness (QED) is 0.459. The number of allylic oxidation sites excluding steroid dienone is 1. The second kappa shape index (κ2) is 8.70. The molecule has 0 bridgehead atoms. The summed E-state index contributed by atoms with van der Waals surface area (Å²) in [6, 6.07) is 0. The molecule has 0 amide bonds. The first-order valence-corrected chi connectivity index (χ1v) is 5.35. The molecule has 0 aliphatic heterocycles. The van der Waals surface area contributed by atoms with Gasteiger partial charge in [0.15, 0.2) is 0 Å². The van der Waals surface area contributed by atoms with Crippen LogP contribution in [0.15, 0.2) is 11.5 Å². The molecule has 0 N–H and O–H groups in total. The van der Waals surface area contributed by atoms with Gasteiger partial charge in [-0.05, 0) is 24.6 Å². The van der Waals surface area contributed by atoms with Gasteiger partial charge in [0, 0.05) is 12.3 Å². The van der Waals surface area contributed by atoms with E-state index in [1.165, 1.54) is 0 Å². The predicted octanol–water partition coefficient (Wildman–Crippen LogP) is 2.21. The van der Waals surface area contributed by atoms with Crippen LogP contribution >= 0.6 is 11.8 Å². The van der Waals surface area contributed by atoms with Crippen LogP contribution in [-0.4, -0.2) is 30.3 Å². The normalized spacial score (nSPS) is 10.8. The van der Waals surface area contributed by atoms with Crippen molar-refractivity contribution in [2.24, 2.45) is 0 Å². The molecule has 0 aromatic heterocycles. The Morgan fingerprint density at radius 3 is 2.58 bits per heavy atom. The second-order valence-electron chi connectivity index (χ2n) is 2.37. The van der Waals surface area contributed by atoms with Gasteiger partial charge < -0.3 is 4.90 Å². The average Bonchev–Trinajstić information content (AvgIpc) is 2.11. The second-order valence-corrected chi connectivity index (χ2v) is 3.38. The molecule has 68 valence electrons. The van der Waals surface area contributed by atoms with Crippen molar-refractivity contribution < 1.29 is 0 Å². The molecule has 0 unspecified atom stereocenters. The molecule has 0 atom stereocenters. The van der Waals surface area contributed by atoms with E-state index in [9.17, 15) is 0 Å². The van der Waals surface area contributed by atoms with Crippen molar-refractivity contribution in [2.75, 3.05) is 25.4 Å². The van der Waals surface area contributed by atoms with Crippen LogP contribution in [0.5, 0.6) is 0 Å². The fourth-order valence-electron chi connectivity index (χ4n) is 0.877.